The smallest absolute Gasteiger partial charge is 0.407 e. The van der Waals surface area contributed by atoms with Gasteiger partial charge in [-0.2, -0.15) is 0 Å². The van der Waals surface area contributed by atoms with Crippen LogP contribution in [0.2, 0.25) is 0 Å². The van der Waals surface area contributed by atoms with Crippen LogP contribution in [-0.4, -0.2) is 29.3 Å². The van der Waals surface area contributed by atoms with Crippen LogP contribution in [0.1, 0.15) is 52.9 Å². The highest BCUT2D eigenvalue weighted by Gasteiger charge is 2.24. The molecule has 1 amide bonds. The molecule has 0 aromatic rings. The molecule has 1 fully saturated rings. The number of carboxylic acids is 1. The normalized spacial score (nSPS) is 23.7. The molecule has 0 spiro atoms. The van der Waals surface area contributed by atoms with E-state index in [9.17, 15) is 9.59 Å². The zero-order valence-electron chi connectivity index (χ0n) is 12.1. The van der Waals surface area contributed by atoms with Gasteiger partial charge in [0.05, 0.1) is 0 Å². The maximum Gasteiger partial charge on any atom is 0.407 e. The first-order valence-corrected chi connectivity index (χ1v) is 6.95. The van der Waals surface area contributed by atoms with Crippen molar-refractivity contribution in [1.29, 1.82) is 0 Å². The number of hydrogen-bond donors (Lipinski definition) is 2. The van der Waals surface area contributed by atoms with Gasteiger partial charge in [0.2, 0.25) is 0 Å². The molecule has 5 nitrogen and oxygen atoms in total. The average molecular weight is 271 g/mol. The van der Waals surface area contributed by atoms with Crippen molar-refractivity contribution >= 4 is 12.1 Å². The molecule has 0 aliphatic heterocycles. The largest absolute Gasteiger partial charge is 0.481 e. The Kier molecular flexibility index (Phi) is 5.63. The van der Waals surface area contributed by atoms with E-state index in [0.717, 1.165) is 25.7 Å². The van der Waals surface area contributed by atoms with Crippen molar-refractivity contribution in [3.05, 3.63) is 0 Å². The number of amides is 1. The first-order chi connectivity index (χ1) is 8.76. The van der Waals surface area contributed by atoms with Gasteiger partial charge in [-0.25, -0.2) is 4.79 Å². The quantitative estimate of drug-likeness (QED) is 0.824. The molecule has 0 heterocycles. The molecule has 0 saturated heterocycles. The van der Waals surface area contributed by atoms with Crippen LogP contribution in [0.4, 0.5) is 4.79 Å². The zero-order chi connectivity index (χ0) is 14.5. The number of carbonyl (C=O) groups excluding carboxylic acids is 1. The van der Waals surface area contributed by atoms with Crippen LogP contribution in [0.15, 0.2) is 0 Å². The van der Waals surface area contributed by atoms with Crippen molar-refractivity contribution in [2.24, 2.45) is 11.8 Å². The van der Waals surface area contributed by atoms with Gasteiger partial charge in [0.25, 0.3) is 0 Å². The first kappa shape index (κ1) is 15.8. The van der Waals surface area contributed by atoms with Crippen molar-refractivity contribution in [2.75, 3.05) is 6.54 Å². The fraction of sp³-hybridized carbons (Fsp3) is 0.857. The highest BCUT2D eigenvalue weighted by molar-refractivity contribution is 5.67. The summed E-state index contributed by atoms with van der Waals surface area (Å²) >= 11 is 0. The number of aliphatic carboxylic acids is 1. The van der Waals surface area contributed by atoms with Gasteiger partial charge >= 0.3 is 12.1 Å². The van der Waals surface area contributed by atoms with E-state index in [1.807, 2.05) is 20.8 Å². The number of alkyl carbamates (subject to hydrolysis) is 1. The third kappa shape index (κ3) is 7.03. The van der Waals surface area contributed by atoms with Crippen LogP contribution in [0.5, 0.6) is 0 Å². The SMILES string of the molecule is CC(C)(C)OC(=O)NCC1CCC(CC(=O)O)CC1. The van der Waals surface area contributed by atoms with Gasteiger partial charge < -0.3 is 15.2 Å². The van der Waals surface area contributed by atoms with Crippen LogP contribution in [0.25, 0.3) is 0 Å². The molecule has 5 heteroatoms. The van der Waals surface area contributed by atoms with E-state index in [4.69, 9.17) is 9.84 Å². The average Bonchev–Trinajstić information content (AvgIpc) is 2.25. The van der Waals surface area contributed by atoms with Gasteiger partial charge in [0.1, 0.15) is 5.60 Å². The van der Waals surface area contributed by atoms with Crippen molar-refractivity contribution in [3.8, 4) is 0 Å². The lowest BCUT2D eigenvalue weighted by atomic mass is 9.80. The van der Waals surface area contributed by atoms with E-state index in [2.05, 4.69) is 5.32 Å². The van der Waals surface area contributed by atoms with Crippen molar-refractivity contribution < 1.29 is 19.4 Å². The summed E-state index contributed by atoms with van der Waals surface area (Å²) in [4.78, 5) is 22.1. The van der Waals surface area contributed by atoms with Crippen LogP contribution in [0, 0.1) is 11.8 Å². The standard InChI is InChI=1S/C14H25NO4/c1-14(2,3)19-13(18)15-9-11-6-4-10(5-7-11)8-12(16)17/h10-11H,4-9H2,1-3H3,(H,15,18)(H,16,17). The van der Waals surface area contributed by atoms with Crippen LogP contribution < -0.4 is 5.32 Å². The number of rotatable bonds is 4. The molecule has 0 unspecified atom stereocenters. The lowest BCUT2D eigenvalue weighted by Gasteiger charge is -2.28. The highest BCUT2D eigenvalue weighted by Crippen LogP contribution is 2.30. The van der Waals surface area contributed by atoms with Gasteiger partial charge in [-0.15, -0.1) is 0 Å². The minimum atomic E-state index is -0.713. The van der Waals surface area contributed by atoms with E-state index < -0.39 is 11.6 Å². The summed E-state index contributed by atoms with van der Waals surface area (Å²) in [5.74, 6) is 0.0307. The Morgan fingerprint density at radius 1 is 1.16 bits per heavy atom. The lowest BCUT2D eigenvalue weighted by molar-refractivity contribution is -0.138. The Morgan fingerprint density at radius 2 is 1.68 bits per heavy atom. The Balaban J connectivity index is 2.19. The number of ether oxygens (including phenoxy) is 1. The van der Waals surface area contributed by atoms with E-state index in [-0.39, 0.29) is 12.5 Å². The fourth-order valence-corrected chi connectivity index (χ4v) is 2.43. The third-order valence-corrected chi connectivity index (χ3v) is 3.36. The molecule has 0 bridgehead atoms. The molecule has 110 valence electrons. The number of nitrogens with one attached hydrogen (secondary N) is 1. The summed E-state index contributed by atoms with van der Waals surface area (Å²) in [6, 6.07) is 0. The Hall–Kier alpha value is -1.26. The van der Waals surface area contributed by atoms with Gasteiger partial charge in [-0.05, 0) is 58.3 Å². The second-order valence-corrected chi connectivity index (χ2v) is 6.37. The predicted octanol–water partition coefficient (Wildman–Crippen LogP) is 2.79. The number of carbonyl (C=O) groups is 2. The summed E-state index contributed by atoms with van der Waals surface area (Å²) in [6.07, 6.45) is 3.73. The topological polar surface area (TPSA) is 75.6 Å². The van der Waals surface area contributed by atoms with Crippen LogP contribution in [-0.2, 0) is 9.53 Å². The van der Waals surface area contributed by atoms with E-state index in [1.165, 1.54) is 0 Å². The molecular weight excluding hydrogens is 246 g/mol. The molecule has 1 aliphatic rings. The molecule has 1 aliphatic carbocycles. The molecular formula is C14H25NO4. The minimum absolute atomic E-state index is 0.270. The molecule has 0 atom stereocenters. The third-order valence-electron chi connectivity index (χ3n) is 3.36. The van der Waals surface area contributed by atoms with Crippen LogP contribution in [0.3, 0.4) is 0 Å². The van der Waals surface area contributed by atoms with Gasteiger partial charge in [-0.3, -0.25) is 4.79 Å². The summed E-state index contributed by atoms with van der Waals surface area (Å²) < 4.78 is 5.17. The second-order valence-electron chi connectivity index (χ2n) is 6.37. The Labute approximate surface area is 114 Å². The highest BCUT2D eigenvalue weighted by atomic mass is 16.6. The Morgan fingerprint density at radius 3 is 2.16 bits per heavy atom. The summed E-state index contributed by atoms with van der Waals surface area (Å²) in [5.41, 5.74) is -0.469. The van der Waals surface area contributed by atoms with Gasteiger partial charge in [-0.1, -0.05) is 0 Å². The number of hydrogen-bond acceptors (Lipinski definition) is 3. The lowest BCUT2D eigenvalue weighted by Crippen LogP contribution is -2.36. The molecule has 19 heavy (non-hydrogen) atoms. The van der Waals surface area contributed by atoms with Crippen LogP contribution >= 0.6 is 0 Å². The fourth-order valence-electron chi connectivity index (χ4n) is 2.43. The monoisotopic (exact) mass is 271 g/mol. The molecule has 0 radical (unpaired) electrons. The van der Waals surface area contributed by atoms with Crippen molar-refractivity contribution in [1.82, 2.24) is 5.32 Å². The second kappa shape index (κ2) is 6.78. The summed E-state index contributed by atoms with van der Waals surface area (Å²) in [7, 11) is 0. The maximum absolute atomic E-state index is 11.5. The first-order valence-electron chi connectivity index (χ1n) is 6.95. The molecule has 0 aromatic heterocycles. The molecule has 2 N–H and O–H groups in total. The van der Waals surface area contributed by atoms with Crippen molar-refractivity contribution in [3.63, 3.8) is 0 Å². The number of carboxylic acid groups (broad SMARTS) is 1. The zero-order valence-corrected chi connectivity index (χ0v) is 12.1. The van der Waals surface area contributed by atoms with Gasteiger partial charge in [0, 0.05) is 13.0 Å². The molecule has 0 aromatic carbocycles. The minimum Gasteiger partial charge on any atom is -0.481 e. The Bertz CT molecular complexity index is 314. The molecule has 1 saturated carbocycles. The summed E-state index contributed by atoms with van der Waals surface area (Å²) in [5, 5.41) is 11.5. The predicted molar refractivity (Wildman–Crippen MR) is 71.9 cm³/mol. The van der Waals surface area contributed by atoms with E-state index in [1.54, 1.807) is 0 Å². The van der Waals surface area contributed by atoms with E-state index >= 15 is 0 Å². The maximum atomic E-state index is 11.5. The molecule has 1 rings (SSSR count). The van der Waals surface area contributed by atoms with Crippen molar-refractivity contribution in [2.45, 2.75) is 58.5 Å². The van der Waals surface area contributed by atoms with E-state index in [0.29, 0.717) is 18.4 Å². The summed E-state index contributed by atoms with van der Waals surface area (Å²) in [6.45, 7) is 6.13. The van der Waals surface area contributed by atoms with Gasteiger partial charge in [0.15, 0.2) is 0 Å².